The number of rotatable bonds is 6. The third kappa shape index (κ3) is 6.59. The van der Waals surface area contributed by atoms with E-state index in [0.717, 1.165) is 61.3 Å². The Hall–Kier alpha value is -1.14. The highest BCUT2D eigenvalue weighted by Gasteiger charge is 2.21. The number of likely N-dealkylation sites (tertiary alicyclic amines) is 1. The minimum absolute atomic E-state index is 0.145. The molecule has 1 heterocycles. The van der Waals surface area contributed by atoms with Crippen LogP contribution in [-0.2, 0) is 6.42 Å². The molecule has 4 nitrogen and oxygen atoms in total. The molecule has 0 saturated carbocycles. The van der Waals surface area contributed by atoms with E-state index >= 15 is 0 Å². The molecule has 0 radical (unpaired) electrons. The minimum atomic E-state index is -0.145. The normalized spacial score (nSPS) is 17.1. The van der Waals surface area contributed by atoms with Crippen LogP contribution in [0.3, 0.4) is 0 Å². The van der Waals surface area contributed by atoms with Crippen molar-refractivity contribution in [3.8, 4) is 0 Å². The SMILES string of the molecule is CN=C(NCCCc1ccc(Br)cc1F)NC1CCN(C(C)C)CC1. The van der Waals surface area contributed by atoms with Crippen LogP contribution in [0.4, 0.5) is 4.39 Å². The molecule has 1 aromatic carbocycles. The van der Waals surface area contributed by atoms with Crippen LogP contribution >= 0.6 is 15.9 Å². The third-order valence-corrected chi connectivity index (χ3v) is 5.25. The maximum absolute atomic E-state index is 13.8. The number of hydrogen-bond acceptors (Lipinski definition) is 2. The number of piperidine rings is 1. The first-order valence-corrected chi connectivity index (χ1v) is 9.94. The van der Waals surface area contributed by atoms with Crippen molar-refractivity contribution < 1.29 is 4.39 Å². The van der Waals surface area contributed by atoms with Gasteiger partial charge in [0.25, 0.3) is 0 Å². The summed E-state index contributed by atoms with van der Waals surface area (Å²) in [6.07, 6.45) is 3.87. The van der Waals surface area contributed by atoms with Gasteiger partial charge in [0, 0.05) is 43.2 Å². The number of aryl methyl sites for hydroxylation is 1. The van der Waals surface area contributed by atoms with Gasteiger partial charge in [0.05, 0.1) is 0 Å². The molecule has 2 N–H and O–H groups in total. The topological polar surface area (TPSA) is 39.7 Å². The summed E-state index contributed by atoms with van der Waals surface area (Å²) in [6, 6.07) is 6.35. The van der Waals surface area contributed by atoms with Gasteiger partial charge in [0.2, 0.25) is 0 Å². The molecule has 0 spiro atoms. The number of aliphatic imine (C=N–C) groups is 1. The first-order chi connectivity index (χ1) is 12.0. The van der Waals surface area contributed by atoms with E-state index < -0.39 is 0 Å². The molecule has 1 fully saturated rings. The molecule has 0 atom stereocenters. The average molecular weight is 413 g/mol. The van der Waals surface area contributed by atoms with Crippen LogP contribution in [0.5, 0.6) is 0 Å². The van der Waals surface area contributed by atoms with Crippen molar-refractivity contribution >= 4 is 21.9 Å². The van der Waals surface area contributed by atoms with Crippen molar-refractivity contribution in [2.24, 2.45) is 4.99 Å². The average Bonchev–Trinajstić information content (AvgIpc) is 2.59. The molecule has 0 amide bonds. The first kappa shape index (κ1) is 20.2. The van der Waals surface area contributed by atoms with Crippen LogP contribution in [0, 0.1) is 5.82 Å². The Balaban J connectivity index is 1.69. The number of nitrogens with zero attached hydrogens (tertiary/aromatic N) is 2. The molecule has 0 aromatic heterocycles. The van der Waals surface area contributed by atoms with Crippen molar-refractivity contribution in [3.05, 3.63) is 34.1 Å². The molecule has 1 saturated heterocycles. The summed E-state index contributed by atoms with van der Waals surface area (Å²) in [6.45, 7) is 7.55. The number of guanidine groups is 1. The van der Waals surface area contributed by atoms with Crippen LogP contribution in [-0.4, -0.2) is 49.6 Å². The Labute approximate surface area is 159 Å². The molecule has 0 bridgehead atoms. The van der Waals surface area contributed by atoms with Crippen molar-refractivity contribution in [2.75, 3.05) is 26.7 Å². The summed E-state index contributed by atoms with van der Waals surface area (Å²) in [5.41, 5.74) is 0.758. The van der Waals surface area contributed by atoms with Crippen LogP contribution in [0.1, 0.15) is 38.7 Å². The van der Waals surface area contributed by atoms with E-state index in [9.17, 15) is 4.39 Å². The maximum Gasteiger partial charge on any atom is 0.191 e. The molecule has 1 aliphatic rings. The van der Waals surface area contributed by atoms with E-state index in [4.69, 9.17) is 0 Å². The second-order valence-corrected chi connectivity index (χ2v) is 7.80. The van der Waals surface area contributed by atoms with E-state index in [1.165, 1.54) is 6.07 Å². The highest BCUT2D eigenvalue weighted by Crippen LogP contribution is 2.16. The lowest BCUT2D eigenvalue weighted by Crippen LogP contribution is -2.50. The molecule has 25 heavy (non-hydrogen) atoms. The zero-order chi connectivity index (χ0) is 18.2. The van der Waals surface area contributed by atoms with E-state index in [2.05, 4.69) is 50.3 Å². The predicted molar refractivity (Wildman–Crippen MR) is 107 cm³/mol. The first-order valence-electron chi connectivity index (χ1n) is 9.14. The van der Waals surface area contributed by atoms with Crippen molar-refractivity contribution in [1.82, 2.24) is 15.5 Å². The molecular weight excluding hydrogens is 383 g/mol. The second kappa shape index (κ2) is 10.1. The smallest absolute Gasteiger partial charge is 0.191 e. The third-order valence-electron chi connectivity index (χ3n) is 4.75. The van der Waals surface area contributed by atoms with E-state index in [1.54, 1.807) is 7.05 Å². The molecule has 1 aliphatic heterocycles. The lowest BCUT2D eigenvalue weighted by molar-refractivity contribution is 0.167. The summed E-state index contributed by atoms with van der Waals surface area (Å²) in [5, 5.41) is 6.86. The fraction of sp³-hybridized carbons (Fsp3) is 0.632. The zero-order valence-corrected chi connectivity index (χ0v) is 17.1. The molecule has 140 valence electrons. The molecule has 0 unspecified atom stereocenters. The molecule has 6 heteroatoms. The van der Waals surface area contributed by atoms with Gasteiger partial charge < -0.3 is 15.5 Å². The summed E-state index contributed by atoms with van der Waals surface area (Å²) in [5.74, 6) is 0.702. The Bertz CT molecular complexity index is 569. The molecular formula is C19H30BrFN4. The molecule has 1 aromatic rings. The lowest BCUT2D eigenvalue weighted by Gasteiger charge is -2.35. The number of nitrogens with one attached hydrogen (secondary N) is 2. The van der Waals surface area contributed by atoms with Crippen LogP contribution in [0.2, 0.25) is 0 Å². The van der Waals surface area contributed by atoms with Gasteiger partial charge in [-0.15, -0.1) is 0 Å². The lowest BCUT2D eigenvalue weighted by atomic mass is 10.0. The second-order valence-electron chi connectivity index (χ2n) is 6.89. The summed E-state index contributed by atoms with van der Waals surface area (Å²) >= 11 is 3.29. The van der Waals surface area contributed by atoms with Gasteiger partial charge >= 0.3 is 0 Å². The largest absolute Gasteiger partial charge is 0.356 e. The molecule has 2 rings (SSSR count). The fourth-order valence-electron chi connectivity index (χ4n) is 3.16. The maximum atomic E-state index is 13.8. The number of halogens is 2. The fourth-order valence-corrected chi connectivity index (χ4v) is 3.49. The highest BCUT2D eigenvalue weighted by molar-refractivity contribution is 9.10. The van der Waals surface area contributed by atoms with Crippen molar-refractivity contribution in [3.63, 3.8) is 0 Å². The van der Waals surface area contributed by atoms with Gasteiger partial charge in [-0.1, -0.05) is 22.0 Å². The van der Waals surface area contributed by atoms with Crippen LogP contribution in [0.15, 0.2) is 27.7 Å². The zero-order valence-electron chi connectivity index (χ0n) is 15.5. The molecule has 0 aliphatic carbocycles. The van der Waals surface area contributed by atoms with Gasteiger partial charge in [0.1, 0.15) is 5.82 Å². The van der Waals surface area contributed by atoms with E-state index in [1.807, 2.05) is 12.1 Å². The standard InChI is InChI=1S/C19H30BrFN4/c1-14(2)25-11-8-17(9-12-25)24-19(22-3)23-10-4-5-15-6-7-16(20)13-18(15)21/h6-7,13-14,17H,4-5,8-12H2,1-3H3,(H2,22,23,24). The van der Waals surface area contributed by atoms with Crippen molar-refractivity contribution in [1.29, 1.82) is 0 Å². The minimum Gasteiger partial charge on any atom is -0.356 e. The number of hydrogen-bond donors (Lipinski definition) is 2. The Morgan fingerprint density at radius 2 is 2.08 bits per heavy atom. The number of benzene rings is 1. The summed E-state index contributed by atoms with van der Waals surface area (Å²) in [7, 11) is 1.80. The Morgan fingerprint density at radius 1 is 1.36 bits per heavy atom. The Kier molecular flexibility index (Phi) is 8.16. The van der Waals surface area contributed by atoms with Crippen molar-refractivity contribution in [2.45, 2.75) is 51.6 Å². The summed E-state index contributed by atoms with van der Waals surface area (Å²) in [4.78, 5) is 6.83. The van der Waals surface area contributed by atoms with Crippen LogP contribution < -0.4 is 10.6 Å². The summed E-state index contributed by atoms with van der Waals surface area (Å²) < 4.78 is 14.6. The van der Waals surface area contributed by atoms with Gasteiger partial charge in [-0.25, -0.2) is 4.39 Å². The monoisotopic (exact) mass is 412 g/mol. The Morgan fingerprint density at radius 3 is 2.68 bits per heavy atom. The predicted octanol–water partition coefficient (Wildman–Crippen LogP) is 3.56. The van der Waals surface area contributed by atoms with Gasteiger partial charge in [0.15, 0.2) is 5.96 Å². The highest BCUT2D eigenvalue weighted by atomic mass is 79.9. The van der Waals surface area contributed by atoms with E-state index in [-0.39, 0.29) is 5.82 Å². The van der Waals surface area contributed by atoms with Gasteiger partial charge in [-0.3, -0.25) is 4.99 Å². The van der Waals surface area contributed by atoms with Crippen LogP contribution in [0.25, 0.3) is 0 Å². The van der Waals surface area contributed by atoms with Gasteiger partial charge in [-0.2, -0.15) is 0 Å². The van der Waals surface area contributed by atoms with Gasteiger partial charge in [-0.05, 0) is 57.2 Å². The quantitative estimate of drug-likeness (QED) is 0.426. The van der Waals surface area contributed by atoms with E-state index in [0.29, 0.717) is 12.1 Å².